The van der Waals surface area contributed by atoms with Crippen LogP contribution < -0.4 is 5.32 Å². The molecule has 144 valence electrons. The van der Waals surface area contributed by atoms with Crippen LogP contribution in [0.3, 0.4) is 0 Å². The SMILES string of the molecule is Cc1ccc(C)c(NC(=O)[C@@H](Sc2nc(C)c(C)c(C)n2)c2ccccc2)c1. The Morgan fingerprint density at radius 3 is 2.21 bits per heavy atom. The highest BCUT2D eigenvalue weighted by Crippen LogP contribution is 2.35. The lowest BCUT2D eigenvalue weighted by atomic mass is 10.1. The second kappa shape index (κ2) is 8.57. The molecule has 3 aromatic rings. The summed E-state index contributed by atoms with van der Waals surface area (Å²) in [5.41, 5.74) is 6.87. The summed E-state index contributed by atoms with van der Waals surface area (Å²) in [4.78, 5) is 22.4. The minimum absolute atomic E-state index is 0.0793. The number of amides is 1. The molecule has 0 aliphatic carbocycles. The Labute approximate surface area is 170 Å². The number of nitrogens with zero attached hydrogens (tertiary/aromatic N) is 2. The Morgan fingerprint density at radius 2 is 1.57 bits per heavy atom. The third kappa shape index (κ3) is 4.60. The molecule has 1 heterocycles. The zero-order valence-corrected chi connectivity index (χ0v) is 17.7. The number of hydrogen-bond donors (Lipinski definition) is 1. The average Bonchev–Trinajstić information content (AvgIpc) is 2.67. The fraction of sp³-hybridized carbons (Fsp3) is 0.261. The van der Waals surface area contributed by atoms with E-state index in [0.717, 1.165) is 39.3 Å². The molecule has 0 fully saturated rings. The van der Waals surface area contributed by atoms with Gasteiger partial charge in [0.05, 0.1) is 0 Å². The van der Waals surface area contributed by atoms with E-state index in [1.807, 2.05) is 83.1 Å². The maximum absolute atomic E-state index is 13.2. The summed E-state index contributed by atoms with van der Waals surface area (Å²) >= 11 is 1.38. The molecule has 0 radical (unpaired) electrons. The predicted molar refractivity (Wildman–Crippen MR) is 116 cm³/mol. The van der Waals surface area contributed by atoms with Gasteiger partial charge in [0.2, 0.25) is 5.91 Å². The Kier molecular flexibility index (Phi) is 6.15. The smallest absolute Gasteiger partial charge is 0.242 e. The minimum atomic E-state index is -0.442. The number of anilines is 1. The van der Waals surface area contributed by atoms with Crippen LogP contribution in [0.2, 0.25) is 0 Å². The first-order chi connectivity index (χ1) is 13.3. The van der Waals surface area contributed by atoms with Gasteiger partial charge in [0.15, 0.2) is 5.16 Å². The second-order valence-electron chi connectivity index (χ2n) is 7.02. The van der Waals surface area contributed by atoms with Crippen molar-refractivity contribution in [2.24, 2.45) is 0 Å². The topological polar surface area (TPSA) is 54.9 Å². The molecular weight excluding hydrogens is 366 g/mol. The van der Waals surface area contributed by atoms with Gasteiger partial charge in [0, 0.05) is 17.1 Å². The highest BCUT2D eigenvalue weighted by Gasteiger charge is 2.24. The van der Waals surface area contributed by atoms with Crippen molar-refractivity contribution in [3.63, 3.8) is 0 Å². The summed E-state index contributed by atoms with van der Waals surface area (Å²) in [5.74, 6) is -0.0793. The molecule has 1 amide bonds. The van der Waals surface area contributed by atoms with Crippen LogP contribution >= 0.6 is 11.8 Å². The van der Waals surface area contributed by atoms with Gasteiger partial charge in [-0.2, -0.15) is 0 Å². The summed E-state index contributed by atoms with van der Waals surface area (Å²) in [7, 11) is 0. The Hall–Kier alpha value is -2.66. The van der Waals surface area contributed by atoms with E-state index in [0.29, 0.717) is 5.16 Å². The first kappa shape index (κ1) is 20.1. The number of aryl methyl sites for hydroxylation is 4. The lowest BCUT2D eigenvalue weighted by molar-refractivity contribution is -0.115. The van der Waals surface area contributed by atoms with Gasteiger partial charge in [-0.1, -0.05) is 54.2 Å². The fourth-order valence-corrected chi connectivity index (χ4v) is 3.92. The zero-order chi connectivity index (χ0) is 20.3. The summed E-state index contributed by atoms with van der Waals surface area (Å²) < 4.78 is 0. The van der Waals surface area contributed by atoms with Crippen molar-refractivity contribution in [2.45, 2.75) is 45.0 Å². The summed E-state index contributed by atoms with van der Waals surface area (Å²) in [6.45, 7) is 9.98. The van der Waals surface area contributed by atoms with Gasteiger partial charge in [-0.05, 0) is 62.9 Å². The van der Waals surface area contributed by atoms with E-state index < -0.39 is 5.25 Å². The van der Waals surface area contributed by atoms with Gasteiger partial charge in [-0.3, -0.25) is 4.79 Å². The van der Waals surface area contributed by atoms with Gasteiger partial charge in [0.1, 0.15) is 5.25 Å². The highest BCUT2D eigenvalue weighted by molar-refractivity contribution is 8.00. The largest absolute Gasteiger partial charge is 0.325 e. The van der Waals surface area contributed by atoms with E-state index in [4.69, 9.17) is 0 Å². The molecule has 0 spiro atoms. The molecule has 5 heteroatoms. The van der Waals surface area contributed by atoms with Crippen LogP contribution in [-0.2, 0) is 4.79 Å². The Balaban J connectivity index is 1.93. The summed E-state index contributed by atoms with van der Waals surface area (Å²) in [6.07, 6.45) is 0. The molecule has 1 N–H and O–H groups in total. The molecule has 0 unspecified atom stereocenters. The van der Waals surface area contributed by atoms with Crippen LogP contribution in [0.15, 0.2) is 53.7 Å². The number of carbonyl (C=O) groups is 1. The van der Waals surface area contributed by atoms with Gasteiger partial charge in [0.25, 0.3) is 0 Å². The fourth-order valence-electron chi connectivity index (χ4n) is 2.87. The van der Waals surface area contributed by atoms with Crippen molar-refractivity contribution >= 4 is 23.4 Å². The molecule has 2 aromatic carbocycles. The number of thioether (sulfide) groups is 1. The first-order valence-corrected chi connectivity index (χ1v) is 10.1. The van der Waals surface area contributed by atoms with E-state index in [1.54, 1.807) is 0 Å². The number of hydrogen-bond acceptors (Lipinski definition) is 4. The molecule has 0 saturated carbocycles. The van der Waals surface area contributed by atoms with Gasteiger partial charge < -0.3 is 5.32 Å². The van der Waals surface area contributed by atoms with Crippen LogP contribution in [0.4, 0.5) is 5.69 Å². The van der Waals surface area contributed by atoms with Crippen LogP contribution in [0.1, 0.15) is 38.9 Å². The molecule has 0 bridgehead atoms. The molecular formula is C23H25N3OS. The van der Waals surface area contributed by atoms with Crippen molar-refractivity contribution in [3.05, 3.63) is 82.2 Å². The van der Waals surface area contributed by atoms with Crippen LogP contribution in [0.5, 0.6) is 0 Å². The second-order valence-corrected chi connectivity index (χ2v) is 8.09. The molecule has 4 nitrogen and oxygen atoms in total. The van der Waals surface area contributed by atoms with Crippen LogP contribution in [0.25, 0.3) is 0 Å². The predicted octanol–water partition coefficient (Wildman–Crippen LogP) is 5.49. The molecule has 1 aromatic heterocycles. The van der Waals surface area contributed by atoms with Gasteiger partial charge in [-0.25, -0.2) is 9.97 Å². The maximum atomic E-state index is 13.2. The summed E-state index contributed by atoms with van der Waals surface area (Å²) in [5, 5.41) is 3.27. The van der Waals surface area contributed by atoms with E-state index in [1.165, 1.54) is 11.8 Å². The quantitative estimate of drug-likeness (QED) is 0.461. The molecule has 0 aliphatic heterocycles. The van der Waals surface area contributed by atoms with Crippen molar-refractivity contribution in [1.29, 1.82) is 0 Å². The van der Waals surface area contributed by atoms with E-state index in [-0.39, 0.29) is 5.91 Å². The van der Waals surface area contributed by atoms with Crippen LogP contribution in [-0.4, -0.2) is 15.9 Å². The molecule has 28 heavy (non-hydrogen) atoms. The third-order valence-electron chi connectivity index (χ3n) is 4.83. The lowest BCUT2D eigenvalue weighted by Crippen LogP contribution is -2.20. The average molecular weight is 392 g/mol. The normalized spacial score (nSPS) is 11.9. The molecule has 0 aliphatic rings. The Bertz CT molecular complexity index is 979. The van der Waals surface area contributed by atoms with Crippen LogP contribution in [0, 0.1) is 34.6 Å². The summed E-state index contributed by atoms with van der Waals surface area (Å²) in [6, 6.07) is 15.8. The van der Waals surface area contributed by atoms with E-state index in [9.17, 15) is 4.79 Å². The number of benzene rings is 2. The number of carbonyl (C=O) groups excluding carboxylic acids is 1. The zero-order valence-electron chi connectivity index (χ0n) is 16.9. The highest BCUT2D eigenvalue weighted by atomic mass is 32.2. The van der Waals surface area contributed by atoms with Gasteiger partial charge >= 0.3 is 0 Å². The monoisotopic (exact) mass is 391 g/mol. The molecule has 1 atom stereocenters. The van der Waals surface area contributed by atoms with Crippen molar-refractivity contribution < 1.29 is 4.79 Å². The lowest BCUT2D eigenvalue weighted by Gasteiger charge is -2.18. The number of nitrogens with one attached hydrogen (secondary N) is 1. The van der Waals surface area contributed by atoms with E-state index in [2.05, 4.69) is 15.3 Å². The van der Waals surface area contributed by atoms with Gasteiger partial charge in [-0.15, -0.1) is 0 Å². The maximum Gasteiger partial charge on any atom is 0.242 e. The van der Waals surface area contributed by atoms with Crippen molar-refractivity contribution in [3.8, 4) is 0 Å². The standard InChI is InChI=1S/C23H25N3OS/c1-14-11-12-15(2)20(13-14)26-22(27)21(19-9-7-6-8-10-19)28-23-24-17(4)16(3)18(5)25-23/h6-13,21H,1-5H3,(H,26,27)/t21-/m0/s1. The Morgan fingerprint density at radius 1 is 0.929 bits per heavy atom. The molecule has 3 rings (SSSR count). The van der Waals surface area contributed by atoms with Crippen molar-refractivity contribution in [1.82, 2.24) is 9.97 Å². The number of aromatic nitrogens is 2. The number of rotatable bonds is 5. The molecule has 0 saturated heterocycles. The van der Waals surface area contributed by atoms with Crippen molar-refractivity contribution in [2.75, 3.05) is 5.32 Å². The third-order valence-corrected chi connectivity index (χ3v) is 5.94. The minimum Gasteiger partial charge on any atom is -0.325 e. The first-order valence-electron chi connectivity index (χ1n) is 9.26. The van der Waals surface area contributed by atoms with E-state index >= 15 is 0 Å².